The fraction of sp³-hybridized carbons (Fsp3) is 0.533. The van der Waals surface area contributed by atoms with Crippen molar-refractivity contribution in [2.75, 3.05) is 13.1 Å². The van der Waals surface area contributed by atoms with Crippen LogP contribution in [0.1, 0.15) is 25.0 Å². The largest absolute Gasteiger partial charge is 0.480 e. The molecule has 7 nitrogen and oxygen atoms in total. The van der Waals surface area contributed by atoms with Crippen molar-refractivity contribution in [2.45, 2.75) is 31.8 Å². The lowest BCUT2D eigenvalue weighted by Crippen LogP contribution is -2.54. The number of hydrogen-bond donors (Lipinski definition) is 2. The molecule has 2 amide bonds. The molecule has 0 aliphatic carbocycles. The number of carboxylic acid groups (broad SMARTS) is 1. The Morgan fingerprint density at radius 3 is 2.82 bits per heavy atom. The number of piperidine rings is 1. The van der Waals surface area contributed by atoms with Crippen LogP contribution in [0, 0.1) is 5.92 Å². The summed E-state index contributed by atoms with van der Waals surface area (Å²) >= 11 is 0. The molecule has 7 heteroatoms. The first-order valence-electron chi connectivity index (χ1n) is 7.43. The van der Waals surface area contributed by atoms with Gasteiger partial charge in [0.15, 0.2) is 0 Å². The molecular weight excluding hydrogens is 286 g/mol. The summed E-state index contributed by atoms with van der Waals surface area (Å²) in [6.07, 6.45) is 0.960. The van der Waals surface area contributed by atoms with E-state index in [2.05, 4.69) is 5.32 Å². The van der Waals surface area contributed by atoms with Crippen LogP contribution in [-0.2, 0) is 11.3 Å². The lowest BCUT2D eigenvalue weighted by Gasteiger charge is -2.42. The van der Waals surface area contributed by atoms with Gasteiger partial charge in [-0.15, -0.1) is 0 Å². The van der Waals surface area contributed by atoms with E-state index in [9.17, 15) is 14.4 Å². The number of nitrogens with zero attached hydrogens (tertiary/aromatic N) is 2. The van der Waals surface area contributed by atoms with Gasteiger partial charge < -0.3 is 19.9 Å². The van der Waals surface area contributed by atoms with E-state index in [-0.39, 0.29) is 23.4 Å². The second-order valence-electron chi connectivity index (χ2n) is 6.11. The average molecular weight is 305 g/mol. The highest BCUT2D eigenvalue weighted by molar-refractivity contribution is 5.82. The maximum Gasteiger partial charge on any atom is 0.325 e. The Labute approximate surface area is 127 Å². The quantitative estimate of drug-likeness (QED) is 0.830. The van der Waals surface area contributed by atoms with Gasteiger partial charge >= 0.3 is 12.0 Å². The molecule has 0 aromatic carbocycles. The van der Waals surface area contributed by atoms with Crippen LogP contribution in [0.4, 0.5) is 4.79 Å². The van der Waals surface area contributed by atoms with Gasteiger partial charge in [0.05, 0.1) is 0 Å². The summed E-state index contributed by atoms with van der Waals surface area (Å²) in [6.45, 7) is 3.12. The fourth-order valence-electron chi connectivity index (χ4n) is 3.40. The molecule has 118 valence electrons. The number of carboxylic acids is 1. The predicted octanol–water partition coefficient (Wildman–Crippen LogP) is 0.450. The van der Waals surface area contributed by atoms with E-state index in [1.165, 1.54) is 6.92 Å². The number of likely N-dealkylation sites (tertiary alicyclic amines) is 1. The third-order valence-electron chi connectivity index (χ3n) is 4.48. The third-order valence-corrected chi connectivity index (χ3v) is 4.48. The minimum Gasteiger partial charge on any atom is -0.480 e. The molecule has 2 bridgehead atoms. The van der Waals surface area contributed by atoms with Crippen molar-refractivity contribution in [1.29, 1.82) is 0 Å². The molecule has 2 N–H and O–H groups in total. The summed E-state index contributed by atoms with van der Waals surface area (Å²) < 4.78 is 1.80. The maximum atomic E-state index is 12.2. The molecule has 1 fully saturated rings. The molecule has 0 saturated carbocycles. The van der Waals surface area contributed by atoms with Crippen LogP contribution in [0.15, 0.2) is 23.0 Å². The normalized spacial score (nSPS) is 24.3. The predicted molar refractivity (Wildman–Crippen MR) is 78.8 cm³/mol. The average Bonchev–Trinajstić information content (AvgIpc) is 2.48. The molecule has 2 aliphatic heterocycles. The molecule has 22 heavy (non-hydrogen) atoms. The van der Waals surface area contributed by atoms with E-state index in [0.717, 1.165) is 12.1 Å². The van der Waals surface area contributed by atoms with E-state index in [4.69, 9.17) is 5.11 Å². The molecule has 1 aromatic rings. The van der Waals surface area contributed by atoms with Gasteiger partial charge in [-0.05, 0) is 25.3 Å². The molecule has 2 aliphatic rings. The Hall–Kier alpha value is -2.31. The Balaban J connectivity index is 1.77. The van der Waals surface area contributed by atoms with Crippen molar-refractivity contribution in [3.8, 4) is 0 Å². The van der Waals surface area contributed by atoms with E-state index in [1.807, 2.05) is 6.07 Å². The number of amides is 2. The number of nitrogens with one attached hydrogen (secondary N) is 1. The number of aromatic nitrogens is 1. The number of urea groups is 1. The fourth-order valence-corrected chi connectivity index (χ4v) is 3.40. The van der Waals surface area contributed by atoms with Crippen molar-refractivity contribution >= 4 is 12.0 Å². The van der Waals surface area contributed by atoms with Gasteiger partial charge in [-0.1, -0.05) is 6.07 Å². The highest BCUT2D eigenvalue weighted by atomic mass is 16.4. The van der Waals surface area contributed by atoms with Gasteiger partial charge in [0.2, 0.25) is 0 Å². The van der Waals surface area contributed by atoms with E-state index in [1.54, 1.807) is 21.6 Å². The number of pyridine rings is 1. The highest BCUT2D eigenvalue weighted by Crippen LogP contribution is 2.34. The zero-order valence-corrected chi connectivity index (χ0v) is 12.4. The minimum absolute atomic E-state index is 0.00426. The van der Waals surface area contributed by atoms with Crippen molar-refractivity contribution in [3.63, 3.8) is 0 Å². The molecular formula is C15H19N3O4. The Kier molecular flexibility index (Phi) is 3.64. The number of fused-ring (bicyclic) bond motifs is 4. The summed E-state index contributed by atoms with van der Waals surface area (Å²) in [7, 11) is 0. The smallest absolute Gasteiger partial charge is 0.325 e. The van der Waals surface area contributed by atoms with Crippen LogP contribution in [0.25, 0.3) is 0 Å². The van der Waals surface area contributed by atoms with Crippen molar-refractivity contribution in [2.24, 2.45) is 5.92 Å². The number of carbonyl (C=O) groups excluding carboxylic acids is 1. The molecule has 0 radical (unpaired) electrons. The lowest BCUT2D eigenvalue weighted by atomic mass is 9.83. The van der Waals surface area contributed by atoms with E-state index in [0.29, 0.717) is 19.6 Å². The SMILES string of the molecule is C[C@H](NC(=O)N1CC2CC(C1)c1cccc(=O)n1C2)C(=O)O. The van der Waals surface area contributed by atoms with Gasteiger partial charge in [-0.2, -0.15) is 0 Å². The van der Waals surface area contributed by atoms with Crippen molar-refractivity contribution in [1.82, 2.24) is 14.8 Å². The molecule has 1 saturated heterocycles. The van der Waals surface area contributed by atoms with Gasteiger partial charge in [0, 0.05) is 37.3 Å². The number of carbonyl (C=O) groups is 2. The molecule has 3 rings (SSSR count). The van der Waals surface area contributed by atoms with Crippen LogP contribution in [-0.4, -0.2) is 45.7 Å². The summed E-state index contributed by atoms with van der Waals surface area (Å²) in [5.41, 5.74) is 0.970. The summed E-state index contributed by atoms with van der Waals surface area (Å²) in [5, 5.41) is 11.4. The highest BCUT2D eigenvalue weighted by Gasteiger charge is 2.36. The van der Waals surface area contributed by atoms with E-state index >= 15 is 0 Å². The van der Waals surface area contributed by atoms with Gasteiger partial charge in [-0.25, -0.2) is 4.79 Å². The first-order valence-corrected chi connectivity index (χ1v) is 7.43. The summed E-state index contributed by atoms with van der Waals surface area (Å²) in [4.78, 5) is 36.7. The second-order valence-corrected chi connectivity index (χ2v) is 6.11. The molecule has 3 atom stereocenters. The van der Waals surface area contributed by atoms with Gasteiger partial charge in [-0.3, -0.25) is 9.59 Å². The molecule has 3 heterocycles. The third kappa shape index (κ3) is 2.58. The van der Waals surface area contributed by atoms with Gasteiger partial charge in [0.1, 0.15) is 6.04 Å². The first kappa shape index (κ1) is 14.6. The van der Waals surface area contributed by atoms with Crippen LogP contribution in [0.2, 0.25) is 0 Å². The van der Waals surface area contributed by atoms with Crippen molar-refractivity contribution in [3.05, 3.63) is 34.2 Å². The summed E-state index contributed by atoms with van der Waals surface area (Å²) in [5.74, 6) is -0.688. The van der Waals surface area contributed by atoms with Crippen LogP contribution >= 0.6 is 0 Å². The number of aliphatic carboxylic acids is 1. The Morgan fingerprint density at radius 1 is 1.32 bits per heavy atom. The van der Waals surface area contributed by atoms with Crippen LogP contribution in [0.3, 0.4) is 0 Å². The topological polar surface area (TPSA) is 91.6 Å². The summed E-state index contributed by atoms with van der Waals surface area (Å²) in [6, 6.07) is 3.98. The molecule has 0 spiro atoms. The van der Waals surface area contributed by atoms with Gasteiger partial charge in [0.25, 0.3) is 5.56 Å². The lowest BCUT2D eigenvalue weighted by molar-refractivity contribution is -0.138. The first-order chi connectivity index (χ1) is 10.5. The minimum atomic E-state index is -1.05. The maximum absolute atomic E-state index is 12.2. The zero-order chi connectivity index (χ0) is 15.9. The van der Waals surface area contributed by atoms with Crippen LogP contribution < -0.4 is 10.9 Å². The van der Waals surface area contributed by atoms with E-state index < -0.39 is 12.0 Å². The molecule has 2 unspecified atom stereocenters. The standard InChI is InChI=1S/C15H19N3O4/c1-9(14(20)21)16-15(22)17-6-10-5-11(8-17)12-3-2-4-13(19)18(12)7-10/h2-4,9-11H,5-8H2,1H3,(H,16,22)(H,20,21)/t9-,10?,11?/m0/s1. The Bertz CT molecular complexity index is 669. The number of hydrogen-bond acceptors (Lipinski definition) is 3. The second kappa shape index (κ2) is 5.47. The monoisotopic (exact) mass is 305 g/mol. The molecule has 1 aromatic heterocycles. The van der Waals surface area contributed by atoms with Crippen molar-refractivity contribution < 1.29 is 14.7 Å². The number of rotatable bonds is 2. The van der Waals surface area contributed by atoms with Crippen LogP contribution in [0.5, 0.6) is 0 Å². The zero-order valence-electron chi connectivity index (χ0n) is 12.4. The Morgan fingerprint density at radius 2 is 2.09 bits per heavy atom.